The van der Waals surface area contributed by atoms with Crippen molar-refractivity contribution in [2.24, 2.45) is 7.05 Å². The molecule has 2 heterocycles. The Hall–Kier alpha value is -1.85. The molecule has 6 heteroatoms. The number of aliphatic hydroxyl groups excluding tert-OH is 1. The molecular weight excluding hydrogens is 276 g/mol. The number of fused-ring (bicyclic) bond motifs is 1. The fourth-order valence-electron chi connectivity index (χ4n) is 2.47. The second kappa shape index (κ2) is 4.92. The van der Waals surface area contributed by atoms with Crippen LogP contribution in [-0.2, 0) is 13.6 Å². The van der Waals surface area contributed by atoms with E-state index in [-0.39, 0.29) is 0 Å². The van der Waals surface area contributed by atoms with E-state index in [9.17, 15) is 5.11 Å². The Morgan fingerprint density at radius 1 is 1.35 bits per heavy atom. The van der Waals surface area contributed by atoms with Gasteiger partial charge in [0.05, 0.1) is 22.4 Å². The van der Waals surface area contributed by atoms with Gasteiger partial charge in [-0.1, -0.05) is 29.8 Å². The van der Waals surface area contributed by atoms with Gasteiger partial charge in [0, 0.05) is 19.0 Å². The topological polar surface area (TPSA) is 55.9 Å². The number of halogens is 1. The summed E-state index contributed by atoms with van der Waals surface area (Å²) >= 11 is 6.15. The maximum atomic E-state index is 10.7. The van der Waals surface area contributed by atoms with E-state index in [0.29, 0.717) is 23.0 Å². The van der Waals surface area contributed by atoms with Gasteiger partial charge in [0.2, 0.25) is 0 Å². The maximum absolute atomic E-state index is 10.7. The number of hydrogen-bond donors (Lipinski definition) is 1. The first-order valence-electron chi connectivity index (χ1n) is 6.44. The zero-order chi connectivity index (χ0) is 14.3. The highest BCUT2D eigenvalue weighted by atomic mass is 35.5. The molecule has 0 aliphatic carbocycles. The Balaban J connectivity index is 2.18. The standard InChI is InChI=1S/C14H15ClN4O/c1-3-19-13(10(15)8-16-19)14(20)12-9-6-4-5-7-11(9)18(2)17-12/h4-8,14,20H,3H2,1-2H3. The number of hydrogen-bond acceptors (Lipinski definition) is 3. The van der Waals surface area contributed by atoms with Crippen LogP contribution in [0.15, 0.2) is 30.5 Å². The SMILES string of the molecule is CCn1ncc(Cl)c1C(O)c1nn(C)c2ccccc12. The van der Waals surface area contributed by atoms with Crippen molar-refractivity contribution in [2.75, 3.05) is 0 Å². The number of aromatic nitrogens is 4. The summed E-state index contributed by atoms with van der Waals surface area (Å²) in [5, 5.41) is 20.6. The van der Waals surface area contributed by atoms with Crippen molar-refractivity contribution in [3.8, 4) is 0 Å². The van der Waals surface area contributed by atoms with Gasteiger partial charge in [-0.15, -0.1) is 0 Å². The molecule has 3 aromatic rings. The van der Waals surface area contributed by atoms with E-state index >= 15 is 0 Å². The van der Waals surface area contributed by atoms with E-state index in [2.05, 4.69) is 10.2 Å². The van der Waals surface area contributed by atoms with Crippen molar-refractivity contribution in [1.29, 1.82) is 0 Å². The fraction of sp³-hybridized carbons (Fsp3) is 0.286. The molecule has 0 aliphatic heterocycles. The lowest BCUT2D eigenvalue weighted by molar-refractivity contribution is 0.204. The highest BCUT2D eigenvalue weighted by molar-refractivity contribution is 6.31. The Morgan fingerprint density at radius 2 is 2.10 bits per heavy atom. The van der Waals surface area contributed by atoms with Gasteiger partial charge in [-0.05, 0) is 13.0 Å². The molecule has 2 aromatic heterocycles. The number of benzene rings is 1. The molecule has 1 N–H and O–H groups in total. The molecule has 3 rings (SSSR count). The summed E-state index contributed by atoms with van der Waals surface area (Å²) in [7, 11) is 1.86. The van der Waals surface area contributed by atoms with Gasteiger partial charge in [0.1, 0.15) is 11.8 Å². The highest BCUT2D eigenvalue weighted by Gasteiger charge is 2.24. The van der Waals surface area contributed by atoms with Gasteiger partial charge in [-0.25, -0.2) is 0 Å². The van der Waals surface area contributed by atoms with Crippen LogP contribution in [0.1, 0.15) is 24.4 Å². The summed E-state index contributed by atoms with van der Waals surface area (Å²) in [5.41, 5.74) is 2.15. The van der Waals surface area contributed by atoms with Crippen molar-refractivity contribution >= 4 is 22.5 Å². The van der Waals surface area contributed by atoms with Gasteiger partial charge >= 0.3 is 0 Å². The zero-order valence-electron chi connectivity index (χ0n) is 11.3. The third-order valence-corrected chi connectivity index (χ3v) is 3.73. The average molecular weight is 291 g/mol. The monoisotopic (exact) mass is 290 g/mol. The first kappa shape index (κ1) is 13.1. The Bertz CT molecular complexity index is 762. The normalized spacial score (nSPS) is 13.0. The van der Waals surface area contributed by atoms with Crippen molar-refractivity contribution in [3.63, 3.8) is 0 Å². The lowest BCUT2D eigenvalue weighted by Crippen LogP contribution is -2.10. The van der Waals surface area contributed by atoms with Gasteiger partial charge < -0.3 is 5.11 Å². The molecule has 0 bridgehead atoms. The molecule has 5 nitrogen and oxygen atoms in total. The van der Waals surface area contributed by atoms with Crippen LogP contribution in [0.2, 0.25) is 5.02 Å². The molecule has 20 heavy (non-hydrogen) atoms. The van der Waals surface area contributed by atoms with Crippen LogP contribution in [0.4, 0.5) is 0 Å². The maximum Gasteiger partial charge on any atom is 0.141 e. The van der Waals surface area contributed by atoms with Gasteiger partial charge in [-0.3, -0.25) is 9.36 Å². The summed E-state index contributed by atoms with van der Waals surface area (Å²) in [6.07, 6.45) is 0.658. The number of rotatable bonds is 3. The van der Waals surface area contributed by atoms with Crippen LogP contribution in [0, 0.1) is 0 Å². The van der Waals surface area contributed by atoms with E-state index in [1.807, 2.05) is 38.2 Å². The third-order valence-electron chi connectivity index (χ3n) is 3.44. The smallest absolute Gasteiger partial charge is 0.141 e. The van der Waals surface area contributed by atoms with E-state index in [1.54, 1.807) is 15.6 Å². The molecule has 0 aliphatic rings. The van der Waals surface area contributed by atoms with Crippen LogP contribution < -0.4 is 0 Å². The number of aryl methyl sites for hydroxylation is 2. The van der Waals surface area contributed by atoms with Crippen LogP contribution in [0.5, 0.6) is 0 Å². The quantitative estimate of drug-likeness (QED) is 0.806. The average Bonchev–Trinajstić information content (AvgIpc) is 3.00. The largest absolute Gasteiger partial charge is 0.380 e. The number of nitrogens with zero attached hydrogens (tertiary/aromatic N) is 4. The molecule has 0 amide bonds. The van der Waals surface area contributed by atoms with Crippen LogP contribution in [0.25, 0.3) is 10.9 Å². The summed E-state index contributed by atoms with van der Waals surface area (Å²) in [6, 6.07) is 7.79. The van der Waals surface area contributed by atoms with E-state index in [0.717, 1.165) is 10.9 Å². The summed E-state index contributed by atoms with van der Waals surface area (Å²) in [5.74, 6) is 0. The van der Waals surface area contributed by atoms with Gasteiger partial charge in [-0.2, -0.15) is 10.2 Å². The molecule has 1 aromatic carbocycles. The van der Waals surface area contributed by atoms with E-state index in [4.69, 9.17) is 11.6 Å². The van der Waals surface area contributed by atoms with E-state index < -0.39 is 6.10 Å². The molecule has 0 fully saturated rings. The first-order chi connectivity index (χ1) is 9.63. The Morgan fingerprint density at radius 3 is 2.85 bits per heavy atom. The molecule has 0 radical (unpaired) electrons. The molecule has 104 valence electrons. The minimum absolute atomic E-state index is 0.453. The van der Waals surface area contributed by atoms with E-state index in [1.165, 1.54) is 0 Å². The lowest BCUT2D eigenvalue weighted by Gasteiger charge is -2.11. The van der Waals surface area contributed by atoms with Crippen LogP contribution in [-0.4, -0.2) is 24.7 Å². The Kier molecular flexibility index (Phi) is 3.23. The number of aliphatic hydroxyl groups is 1. The third kappa shape index (κ3) is 1.90. The summed E-state index contributed by atoms with van der Waals surface area (Å²) in [4.78, 5) is 0. The molecule has 0 saturated heterocycles. The summed E-state index contributed by atoms with van der Waals surface area (Å²) in [6.45, 7) is 2.60. The second-order valence-corrected chi connectivity index (χ2v) is 5.03. The minimum Gasteiger partial charge on any atom is -0.380 e. The predicted octanol–water partition coefficient (Wildman–Crippen LogP) is 2.52. The molecular formula is C14H15ClN4O. The second-order valence-electron chi connectivity index (χ2n) is 4.62. The highest BCUT2D eigenvalue weighted by Crippen LogP contribution is 2.31. The van der Waals surface area contributed by atoms with Crippen molar-refractivity contribution in [2.45, 2.75) is 19.6 Å². The van der Waals surface area contributed by atoms with Crippen molar-refractivity contribution in [1.82, 2.24) is 19.6 Å². The summed E-state index contributed by atoms with van der Waals surface area (Å²) < 4.78 is 3.45. The lowest BCUT2D eigenvalue weighted by atomic mass is 10.1. The van der Waals surface area contributed by atoms with Crippen molar-refractivity contribution < 1.29 is 5.11 Å². The predicted molar refractivity (Wildman–Crippen MR) is 77.7 cm³/mol. The minimum atomic E-state index is -0.893. The number of para-hydroxylation sites is 1. The first-order valence-corrected chi connectivity index (χ1v) is 6.82. The van der Waals surface area contributed by atoms with Crippen LogP contribution in [0.3, 0.4) is 0 Å². The molecule has 0 spiro atoms. The molecule has 0 saturated carbocycles. The van der Waals surface area contributed by atoms with Crippen LogP contribution >= 0.6 is 11.6 Å². The Labute approximate surface area is 121 Å². The zero-order valence-corrected chi connectivity index (χ0v) is 12.0. The molecule has 1 unspecified atom stereocenters. The fourth-order valence-corrected chi connectivity index (χ4v) is 2.71. The van der Waals surface area contributed by atoms with Crippen molar-refractivity contribution in [3.05, 3.63) is 46.9 Å². The van der Waals surface area contributed by atoms with Gasteiger partial charge in [0.25, 0.3) is 0 Å². The molecule has 1 atom stereocenters. The van der Waals surface area contributed by atoms with Gasteiger partial charge in [0.15, 0.2) is 0 Å².